The molecule has 0 unspecified atom stereocenters. The molecule has 0 amide bonds. The minimum atomic E-state index is -0.676. The van der Waals surface area contributed by atoms with Crippen molar-refractivity contribution in [2.45, 2.75) is 26.3 Å². The Hall–Kier alpha value is -1.62. The number of rotatable bonds is 4. The van der Waals surface area contributed by atoms with Gasteiger partial charge in [0.15, 0.2) is 0 Å². The number of piperidine rings is 1. The molecule has 2 heterocycles. The molecule has 5 heteroatoms. The maximum Gasteiger partial charge on any atom is 0.309 e. The molecule has 1 aromatic rings. The van der Waals surface area contributed by atoms with E-state index in [-0.39, 0.29) is 0 Å². The molecular weight excluding hydrogens is 242 g/mol. The number of carbonyl (C=O) groups is 1. The third-order valence-electron chi connectivity index (χ3n) is 4.00. The number of likely N-dealkylation sites (tertiary alicyclic amines) is 1. The van der Waals surface area contributed by atoms with E-state index < -0.39 is 11.4 Å². The van der Waals surface area contributed by atoms with Crippen molar-refractivity contribution in [2.24, 2.45) is 5.41 Å². The summed E-state index contributed by atoms with van der Waals surface area (Å²) in [6.45, 7) is 4.30. The van der Waals surface area contributed by atoms with Crippen molar-refractivity contribution in [3.63, 3.8) is 0 Å². The van der Waals surface area contributed by atoms with Gasteiger partial charge in [-0.2, -0.15) is 0 Å². The zero-order valence-electron chi connectivity index (χ0n) is 11.5. The molecule has 0 aliphatic carbocycles. The Balaban J connectivity index is 1.98. The van der Waals surface area contributed by atoms with E-state index in [1.54, 1.807) is 6.20 Å². The van der Waals surface area contributed by atoms with Crippen LogP contribution in [0.4, 0.5) is 5.82 Å². The van der Waals surface area contributed by atoms with E-state index in [0.717, 1.165) is 31.0 Å². The van der Waals surface area contributed by atoms with Crippen LogP contribution in [0.25, 0.3) is 0 Å². The van der Waals surface area contributed by atoms with Crippen molar-refractivity contribution in [1.29, 1.82) is 0 Å². The first-order valence-electron chi connectivity index (χ1n) is 6.62. The molecule has 2 N–H and O–H groups in total. The fraction of sp³-hybridized carbons (Fsp3) is 0.571. The number of nitrogens with zero attached hydrogens (tertiary/aromatic N) is 2. The van der Waals surface area contributed by atoms with Gasteiger partial charge in [-0.3, -0.25) is 9.69 Å². The minimum absolute atomic E-state index is 0.558. The molecule has 0 spiro atoms. The maximum absolute atomic E-state index is 11.2. The first kappa shape index (κ1) is 13.8. The van der Waals surface area contributed by atoms with Gasteiger partial charge in [-0.1, -0.05) is 6.07 Å². The average Bonchev–Trinajstić information content (AvgIpc) is 2.42. The molecule has 1 saturated heterocycles. The highest BCUT2D eigenvalue weighted by atomic mass is 16.4. The molecule has 104 valence electrons. The molecule has 0 aromatic carbocycles. The van der Waals surface area contributed by atoms with E-state index in [9.17, 15) is 9.90 Å². The Morgan fingerprint density at radius 3 is 2.79 bits per heavy atom. The Morgan fingerprint density at radius 1 is 1.53 bits per heavy atom. The Bertz CT molecular complexity index is 454. The van der Waals surface area contributed by atoms with Crippen molar-refractivity contribution in [3.8, 4) is 0 Å². The summed E-state index contributed by atoms with van der Waals surface area (Å²) in [5, 5.41) is 12.3. The van der Waals surface area contributed by atoms with Gasteiger partial charge in [0.1, 0.15) is 5.82 Å². The smallest absolute Gasteiger partial charge is 0.309 e. The Morgan fingerprint density at radius 2 is 2.21 bits per heavy atom. The lowest BCUT2D eigenvalue weighted by atomic mass is 9.80. The van der Waals surface area contributed by atoms with Crippen molar-refractivity contribution >= 4 is 11.8 Å². The molecule has 0 bridgehead atoms. The molecule has 2 rings (SSSR count). The third kappa shape index (κ3) is 3.04. The number of pyridine rings is 1. The second kappa shape index (κ2) is 5.57. The van der Waals surface area contributed by atoms with Gasteiger partial charge in [-0.05, 0) is 38.9 Å². The fourth-order valence-corrected chi connectivity index (χ4v) is 2.45. The van der Waals surface area contributed by atoms with Crippen LogP contribution in [0.1, 0.15) is 25.3 Å². The van der Waals surface area contributed by atoms with E-state index >= 15 is 0 Å². The molecule has 0 radical (unpaired) electrons. The highest BCUT2D eigenvalue weighted by Gasteiger charge is 2.36. The zero-order chi connectivity index (χ0) is 13.9. The van der Waals surface area contributed by atoms with Crippen LogP contribution in [0.15, 0.2) is 18.3 Å². The van der Waals surface area contributed by atoms with Gasteiger partial charge in [-0.25, -0.2) is 4.98 Å². The summed E-state index contributed by atoms with van der Waals surface area (Å²) < 4.78 is 0. The molecular formula is C14H21N3O2. The Labute approximate surface area is 113 Å². The van der Waals surface area contributed by atoms with Crippen LogP contribution in [-0.2, 0) is 11.3 Å². The van der Waals surface area contributed by atoms with Gasteiger partial charge in [0.05, 0.1) is 5.41 Å². The lowest BCUT2D eigenvalue weighted by Crippen LogP contribution is -2.42. The van der Waals surface area contributed by atoms with Crippen molar-refractivity contribution in [3.05, 3.63) is 23.9 Å². The molecule has 1 aliphatic heterocycles. The van der Waals surface area contributed by atoms with Crippen LogP contribution in [0.3, 0.4) is 0 Å². The van der Waals surface area contributed by atoms with Gasteiger partial charge >= 0.3 is 5.97 Å². The topological polar surface area (TPSA) is 65.5 Å². The standard InChI is InChI=1S/C14H21N3O2/c1-14(13(18)19)5-8-17(9-6-14)10-11-4-3-7-16-12(11)15-2/h3-4,7H,5-6,8-10H2,1-2H3,(H,15,16)(H,18,19). The highest BCUT2D eigenvalue weighted by molar-refractivity contribution is 5.74. The van der Waals surface area contributed by atoms with Gasteiger partial charge in [0.2, 0.25) is 0 Å². The Kier molecular flexibility index (Phi) is 4.04. The van der Waals surface area contributed by atoms with E-state index in [0.29, 0.717) is 12.8 Å². The van der Waals surface area contributed by atoms with E-state index in [1.807, 2.05) is 20.0 Å². The molecule has 19 heavy (non-hydrogen) atoms. The average molecular weight is 263 g/mol. The molecule has 0 saturated carbocycles. The second-order valence-corrected chi connectivity index (χ2v) is 5.40. The van der Waals surface area contributed by atoms with Crippen molar-refractivity contribution < 1.29 is 9.90 Å². The fourth-order valence-electron chi connectivity index (χ4n) is 2.45. The third-order valence-corrected chi connectivity index (χ3v) is 4.00. The van der Waals surface area contributed by atoms with Crippen LogP contribution in [0.2, 0.25) is 0 Å². The van der Waals surface area contributed by atoms with Crippen LogP contribution in [0, 0.1) is 5.41 Å². The quantitative estimate of drug-likeness (QED) is 0.867. The lowest BCUT2D eigenvalue weighted by Gasteiger charge is -2.36. The van der Waals surface area contributed by atoms with Crippen molar-refractivity contribution in [2.75, 3.05) is 25.5 Å². The van der Waals surface area contributed by atoms with Gasteiger partial charge in [-0.15, -0.1) is 0 Å². The monoisotopic (exact) mass is 263 g/mol. The number of anilines is 1. The van der Waals surface area contributed by atoms with Crippen LogP contribution < -0.4 is 5.32 Å². The van der Waals surface area contributed by atoms with Crippen LogP contribution in [0.5, 0.6) is 0 Å². The summed E-state index contributed by atoms with van der Waals surface area (Å²) >= 11 is 0. The minimum Gasteiger partial charge on any atom is -0.481 e. The number of carboxylic acids is 1. The number of carboxylic acid groups (broad SMARTS) is 1. The lowest BCUT2D eigenvalue weighted by molar-refractivity contribution is -0.150. The summed E-state index contributed by atoms with van der Waals surface area (Å²) in [7, 11) is 1.86. The predicted octanol–water partition coefficient (Wildman–Crippen LogP) is 1.81. The summed E-state index contributed by atoms with van der Waals surface area (Å²) in [5.41, 5.74) is 0.598. The summed E-state index contributed by atoms with van der Waals surface area (Å²) in [6.07, 6.45) is 3.18. The number of hydrogen-bond acceptors (Lipinski definition) is 4. The molecule has 1 aliphatic rings. The predicted molar refractivity (Wildman–Crippen MR) is 74.0 cm³/mol. The molecule has 0 atom stereocenters. The van der Waals surface area contributed by atoms with Gasteiger partial charge in [0.25, 0.3) is 0 Å². The number of hydrogen-bond donors (Lipinski definition) is 2. The maximum atomic E-state index is 11.2. The van der Waals surface area contributed by atoms with E-state index in [2.05, 4.69) is 21.3 Å². The molecule has 1 fully saturated rings. The zero-order valence-corrected chi connectivity index (χ0v) is 11.5. The summed E-state index contributed by atoms with van der Waals surface area (Å²) in [6, 6.07) is 3.99. The second-order valence-electron chi connectivity index (χ2n) is 5.40. The van der Waals surface area contributed by atoms with E-state index in [1.165, 1.54) is 0 Å². The van der Waals surface area contributed by atoms with E-state index in [4.69, 9.17) is 0 Å². The van der Waals surface area contributed by atoms with Crippen LogP contribution >= 0.6 is 0 Å². The molecule has 5 nitrogen and oxygen atoms in total. The number of nitrogens with one attached hydrogen (secondary N) is 1. The summed E-state index contributed by atoms with van der Waals surface area (Å²) in [5.74, 6) is 0.221. The highest BCUT2D eigenvalue weighted by Crippen LogP contribution is 2.31. The van der Waals surface area contributed by atoms with Gasteiger partial charge < -0.3 is 10.4 Å². The SMILES string of the molecule is CNc1ncccc1CN1CCC(C)(C(=O)O)CC1. The first-order chi connectivity index (χ1) is 9.05. The molecule has 1 aromatic heterocycles. The summed E-state index contributed by atoms with van der Waals surface area (Å²) in [4.78, 5) is 17.8. The van der Waals surface area contributed by atoms with Crippen LogP contribution in [-0.4, -0.2) is 41.1 Å². The largest absolute Gasteiger partial charge is 0.481 e. The number of aliphatic carboxylic acids is 1. The first-order valence-corrected chi connectivity index (χ1v) is 6.62. The van der Waals surface area contributed by atoms with Gasteiger partial charge in [0, 0.05) is 25.4 Å². The van der Waals surface area contributed by atoms with Crippen molar-refractivity contribution in [1.82, 2.24) is 9.88 Å². The number of aromatic nitrogens is 1. The normalized spacial score (nSPS) is 19.1.